The second kappa shape index (κ2) is 11.2. The zero-order chi connectivity index (χ0) is 31.2. The van der Waals surface area contributed by atoms with Crippen LogP contribution in [-0.2, 0) is 0 Å². The summed E-state index contributed by atoms with van der Waals surface area (Å²) in [6, 6.07) is 58.8. The molecule has 2 heterocycles. The molecule has 4 heteroatoms. The third-order valence-electron chi connectivity index (χ3n) is 8.70. The van der Waals surface area contributed by atoms with E-state index in [4.69, 9.17) is 13.8 Å². The van der Waals surface area contributed by atoms with E-state index >= 15 is 0 Å². The molecule has 9 rings (SSSR count). The van der Waals surface area contributed by atoms with Crippen LogP contribution in [0.15, 0.2) is 179 Å². The Bertz CT molecular complexity index is 2500. The normalized spacial score (nSPS) is 11.4. The number of furan rings is 1. The molecule has 0 fully saturated rings. The van der Waals surface area contributed by atoms with Gasteiger partial charge in [0.25, 0.3) is 0 Å². The summed E-state index contributed by atoms with van der Waals surface area (Å²) in [5.74, 6) is 0.600. The molecule has 9 aromatic rings. The minimum atomic E-state index is 0.600. The lowest BCUT2D eigenvalue weighted by atomic mass is 9.94. The first-order valence-electron chi connectivity index (χ1n) is 15.7. The van der Waals surface area contributed by atoms with E-state index in [2.05, 4.69) is 132 Å². The monoisotopic (exact) mass is 604 g/mol. The van der Waals surface area contributed by atoms with E-state index in [1.807, 2.05) is 42.5 Å². The van der Waals surface area contributed by atoms with Crippen molar-refractivity contribution in [2.24, 2.45) is 0 Å². The second-order valence-electron chi connectivity index (χ2n) is 11.6. The number of nitrogens with zero attached hydrogens (tertiary/aromatic N) is 2. The first-order chi connectivity index (χ1) is 23.3. The summed E-state index contributed by atoms with van der Waals surface area (Å²) >= 11 is 0. The molecule has 4 nitrogen and oxygen atoms in total. The summed E-state index contributed by atoms with van der Waals surface area (Å²) in [6.07, 6.45) is 0. The third kappa shape index (κ3) is 4.84. The molecule has 0 saturated carbocycles. The summed E-state index contributed by atoms with van der Waals surface area (Å²) in [5, 5.41) is 2.03. The van der Waals surface area contributed by atoms with Gasteiger partial charge < -0.3 is 13.7 Å². The first-order valence-corrected chi connectivity index (χ1v) is 15.7. The number of benzene rings is 7. The fraction of sp³-hybridized carbons (Fsp3) is 0. The van der Waals surface area contributed by atoms with E-state index in [1.54, 1.807) is 0 Å². The lowest BCUT2D eigenvalue weighted by Crippen LogP contribution is -2.09. The number of aromatic nitrogens is 1. The van der Waals surface area contributed by atoms with Crippen LogP contribution >= 0.6 is 0 Å². The fourth-order valence-corrected chi connectivity index (χ4v) is 6.45. The standard InChI is InChI=1S/C43H28N2O2/c1-4-12-29(13-5-1)35-18-10-11-19-36(35)30-20-22-33(23-21-30)45(32-16-8-3-9-17-32)34-24-25-40-37(26-34)38-27-39-42(28-41(38)46-40)47-43(44-39)31-14-6-2-7-15-31/h1-28H. The molecule has 2 aromatic heterocycles. The SMILES string of the molecule is c1ccc(-c2nc3cc4c(cc3o2)oc2ccc(N(c3ccccc3)c3ccc(-c5ccccc5-c5ccccc5)cc3)cc24)cc1. The molecule has 0 aliphatic heterocycles. The second-order valence-corrected chi connectivity index (χ2v) is 11.6. The molecular weight excluding hydrogens is 576 g/mol. The Morgan fingerprint density at radius 1 is 0.383 bits per heavy atom. The van der Waals surface area contributed by atoms with Gasteiger partial charge in [0.2, 0.25) is 5.89 Å². The van der Waals surface area contributed by atoms with Crippen LogP contribution in [-0.4, -0.2) is 4.98 Å². The maximum Gasteiger partial charge on any atom is 0.227 e. The van der Waals surface area contributed by atoms with Crippen molar-refractivity contribution in [3.8, 4) is 33.7 Å². The summed E-state index contributed by atoms with van der Waals surface area (Å²) in [7, 11) is 0. The molecule has 0 bridgehead atoms. The van der Waals surface area contributed by atoms with E-state index in [9.17, 15) is 0 Å². The van der Waals surface area contributed by atoms with Crippen molar-refractivity contribution in [1.82, 2.24) is 4.98 Å². The summed E-state index contributed by atoms with van der Waals surface area (Å²) < 4.78 is 12.5. The van der Waals surface area contributed by atoms with Gasteiger partial charge in [0, 0.05) is 39.5 Å². The van der Waals surface area contributed by atoms with Gasteiger partial charge >= 0.3 is 0 Å². The molecule has 0 spiro atoms. The minimum absolute atomic E-state index is 0.600. The average molecular weight is 605 g/mol. The Kier molecular flexibility index (Phi) is 6.43. The van der Waals surface area contributed by atoms with Crippen molar-refractivity contribution in [3.63, 3.8) is 0 Å². The molecule has 0 saturated heterocycles. The number of para-hydroxylation sites is 1. The molecular formula is C43H28N2O2. The Hall–Kier alpha value is -6.39. The van der Waals surface area contributed by atoms with Crippen molar-refractivity contribution in [2.45, 2.75) is 0 Å². The van der Waals surface area contributed by atoms with Crippen molar-refractivity contribution in [2.75, 3.05) is 4.90 Å². The molecule has 0 amide bonds. The molecule has 0 aliphatic rings. The van der Waals surface area contributed by atoms with Crippen molar-refractivity contribution in [3.05, 3.63) is 170 Å². The Labute approximate surface area is 271 Å². The summed E-state index contributed by atoms with van der Waals surface area (Å²) in [6.45, 7) is 0. The number of oxazole rings is 1. The lowest BCUT2D eigenvalue weighted by molar-refractivity contribution is 0.617. The molecule has 0 unspecified atom stereocenters. The van der Waals surface area contributed by atoms with E-state index in [-0.39, 0.29) is 0 Å². The van der Waals surface area contributed by atoms with Crippen molar-refractivity contribution >= 4 is 50.1 Å². The molecule has 0 aliphatic carbocycles. The molecule has 0 radical (unpaired) electrons. The Morgan fingerprint density at radius 2 is 0.936 bits per heavy atom. The smallest absolute Gasteiger partial charge is 0.227 e. The first kappa shape index (κ1) is 27.0. The van der Waals surface area contributed by atoms with Crippen LogP contribution < -0.4 is 4.90 Å². The van der Waals surface area contributed by atoms with E-state index in [1.165, 1.54) is 22.3 Å². The van der Waals surface area contributed by atoms with Gasteiger partial charge in [-0.05, 0) is 82.9 Å². The largest absolute Gasteiger partial charge is 0.456 e. The van der Waals surface area contributed by atoms with E-state index in [0.29, 0.717) is 11.5 Å². The van der Waals surface area contributed by atoms with Crippen LogP contribution in [0.3, 0.4) is 0 Å². The number of anilines is 3. The third-order valence-corrected chi connectivity index (χ3v) is 8.70. The Morgan fingerprint density at radius 3 is 1.64 bits per heavy atom. The van der Waals surface area contributed by atoms with E-state index < -0.39 is 0 Å². The van der Waals surface area contributed by atoms with Gasteiger partial charge in [-0.3, -0.25) is 0 Å². The zero-order valence-electron chi connectivity index (χ0n) is 25.4. The van der Waals surface area contributed by atoms with Gasteiger partial charge in [0.05, 0.1) is 0 Å². The average Bonchev–Trinajstić information content (AvgIpc) is 3.72. The number of hydrogen-bond donors (Lipinski definition) is 0. The highest BCUT2D eigenvalue weighted by Gasteiger charge is 2.18. The number of hydrogen-bond acceptors (Lipinski definition) is 4. The summed E-state index contributed by atoms with van der Waals surface area (Å²) in [5.41, 5.74) is 12.0. The van der Waals surface area contributed by atoms with Gasteiger partial charge in [-0.15, -0.1) is 0 Å². The van der Waals surface area contributed by atoms with Crippen LogP contribution in [0.2, 0.25) is 0 Å². The Balaban J connectivity index is 1.14. The van der Waals surface area contributed by atoms with E-state index in [0.717, 1.165) is 50.1 Å². The van der Waals surface area contributed by atoms with Crippen LogP contribution in [0.4, 0.5) is 17.1 Å². The van der Waals surface area contributed by atoms with Gasteiger partial charge in [-0.25, -0.2) is 4.98 Å². The molecule has 222 valence electrons. The maximum atomic E-state index is 6.33. The molecule has 7 aromatic carbocycles. The fourth-order valence-electron chi connectivity index (χ4n) is 6.45. The molecule has 47 heavy (non-hydrogen) atoms. The van der Waals surface area contributed by atoms with Gasteiger partial charge in [-0.2, -0.15) is 0 Å². The predicted octanol–water partition coefficient (Wildman–Crippen LogP) is 12.2. The highest BCUT2D eigenvalue weighted by atomic mass is 16.4. The number of fused-ring (bicyclic) bond motifs is 4. The van der Waals surface area contributed by atoms with Crippen LogP contribution in [0, 0.1) is 0 Å². The quantitative estimate of drug-likeness (QED) is 0.189. The predicted molar refractivity (Wildman–Crippen MR) is 192 cm³/mol. The minimum Gasteiger partial charge on any atom is -0.456 e. The van der Waals surface area contributed by atoms with Crippen molar-refractivity contribution in [1.29, 1.82) is 0 Å². The highest BCUT2D eigenvalue weighted by Crippen LogP contribution is 2.41. The summed E-state index contributed by atoms with van der Waals surface area (Å²) in [4.78, 5) is 7.10. The zero-order valence-corrected chi connectivity index (χ0v) is 25.4. The van der Waals surface area contributed by atoms with Gasteiger partial charge in [0.15, 0.2) is 5.58 Å². The lowest BCUT2D eigenvalue weighted by Gasteiger charge is -2.26. The van der Waals surface area contributed by atoms with Crippen LogP contribution in [0.1, 0.15) is 0 Å². The molecule has 0 atom stereocenters. The van der Waals surface area contributed by atoms with Gasteiger partial charge in [-0.1, -0.05) is 103 Å². The topological polar surface area (TPSA) is 42.4 Å². The highest BCUT2D eigenvalue weighted by molar-refractivity contribution is 6.10. The number of rotatable bonds is 6. The maximum absolute atomic E-state index is 6.33. The van der Waals surface area contributed by atoms with Gasteiger partial charge in [0.1, 0.15) is 16.7 Å². The molecule has 0 N–H and O–H groups in total. The van der Waals surface area contributed by atoms with Crippen molar-refractivity contribution < 1.29 is 8.83 Å². The van der Waals surface area contributed by atoms with Crippen LogP contribution in [0.5, 0.6) is 0 Å². The van der Waals surface area contributed by atoms with Crippen LogP contribution in [0.25, 0.3) is 66.7 Å².